The fourth-order valence-electron chi connectivity index (χ4n) is 3.93. The van der Waals surface area contributed by atoms with Gasteiger partial charge in [-0.1, -0.05) is 0 Å². The topological polar surface area (TPSA) is 71.6 Å². The molecule has 1 fully saturated rings. The molecule has 2 heterocycles. The van der Waals surface area contributed by atoms with Crippen molar-refractivity contribution in [1.29, 1.82) is 0 Å². The summed E-state index contributed by atoms with van der Waals surface area (Å²) in [4.78, 5) is 12.5. The fraction of sp³-hybridized carbons (Fsp3) is 0.611. The number of carbonyl (C=O) groups is 1. The van der Waals surface area contributed by atoms with Crippen molar-refractivity contribution in [3.05, 3.63) is 16.6 Å². The largest absolute Gasteiger partial charge is 0.486 e. The number of halogens is 1. The van der Waals surface area contributed by atoms with Gasteiger partial charge in [-0.05, 0) is 56.5 Å². The summed E-state index contributed by atoms with van der Waals surface area (Å²) in [6.07, 6.45) is 1.76. The van der Waals surface area contributed by atoms with Gasteiger partial charge < -0.3 is 25.4 Å². The molecular weight excluding hydrogens is 386 g/mol. The predicted octanol–water partition coefficient (Wildman–Crippen LogP) is 3.65. The summed E-state index contributed by atoms with van der Waals surface area (Å²) in [6, 6.07) is 3.51. The van der Waals surface area contributed by atoms with Gasteiger partial charge in [0.2, 0.25) is 0 Å². The Morgan fingerprint density at radius 1 is 1.12 bits per heavy atom. The lowest BCUT2D eigenvalue weighted by atomic mass is 9.80. The quantitative estimate of drug-likeness (QED) is 0.694. The Morgan fingerprint density at radius 2 is 1.68 bits per heavy atom. The van der Waals surface area contributed by atoms with Gasteiger partial charge in [-0.25, -0.2) is 4.79 Å². The molecule has 25 heavy (non-hydrogen) atoms. The van der Waals surface area contributed by atoms with Crippen molar-refractivity contribution in [3.63, 3.8) is 0 Å². The molecule has 7 heteroatoms. The number of anilines is 1. The summed E-state index contributed by atoms with van der Waals surface area (Å²) in [6.45, 7) is 9.71. The molecule has 1 saturated heterocycles. The van der Waals surface area contributed by atoms with E-state index in [4.69, 9.17) is 9.47 Å². The van der Waals surface area contributed by atoms with Crippen LogP contribution < -0.4 is 25.4 Å². The van der Waals surface area contributed by atoms with Crippen molar-refractivity contribution in [2.45, 2.75) is 57.7 Å². The minimum Gasteiger partial charge on any atom is -0.486 e. The van der Waals surface area contributed by atoms with Gasteiger partial charge in [-0.15, -0.1) is 0 Å². The molecule has 2 aliphatic heterocycles. The Bertz CT molecular complexity index is 660. The Balaban J connectivity index is 1.67. The van der Waals surface area contributed by atoms with Gasteiger partial charge in [0, 0.05) is 33.7 Å². The standard InChI is InChI=1S/C18H26BrN3O3/c1-17(2)9-11(10-18(3,4)22-17)20-16(23)21-13-8-15-14(7-12(13)19)24-5-6-25-15/h7-8,11,22H,5-6,9-10H2,1-4H3,(H2,20,21,23). The molecule has 0 aliphatic carbocycles. The lowest BCUT2D eigenvalue weighted by Gasteiger charge is -2.46. The van der Waals surface area contributed by atoms with Gasteiger partial charge >= 0.3 is 6.03 Å². The fourth-order valence-corrected chi connectivity index (χ4v) is 4.35. The normalized spacial score (nSPS) is 21.5. The van der Waals surface area contributed by atoms with E-state index < -0.39 is 0 Å². The second kappa shape index (κ2) is 6.68. The van der Waals surface area contributed by atoms with E-state index in [0.29, 0.717) is 30.4 Å². The Morgan fingerprint density at radius 3 is 2.28 bits per heavy atom. The van der Waals surface area contributed by atoms with Crippen molar-refractivity contribution in [1.82, 2.24) is 10.6 Å². The summed E-state index contributed by atoms with van der Waals surface area (Å²) < 4.78 is 11.9. The number of carbonyl (C=O) groups excluding carboxylic acids is 1. The van der Waals surface area contributed by atoms with Crippen molar-refractivity contribution >= 4 is 27.6 Å². The van der Waals surface area contributed by atoms with Gasteiger partial charge in [0.1, 0.15) is 13.2 Å². The molecule has 6 nitrogen and oxygen atoms in total. The van der Waals surface area contributed by atoms with Crippen LogP contribution in [-0.4, -0.2) is 36.4 Å². The van der Waals surface area contributed by atoms with Crippen molar-refractivity contribution in [2.75, 3.05) is 18.5 Å². The number of urea groups is 1. The van der Waals surface area contributed by atoms with E-state index in [1.165, 1.54) is 0 Å². The van der Waals surface area contributed by atoms with Crippen molar-refractivity contribution in [3.8, 4) is 11.5 Å². The highest BCUT2D eigenvalue weighted by Gasteiger charge is 2.38. The van der Waals surface area contributed by atoms with Crippen molar-refractivity contribution in [2.24, 2.45) is 0 Å². The number of rotatable bonds is 2. The van der Waals surface area contributed by atoms with Crippen LogP contribution in [0.5, 0.6) is 11.5 Å². The highest BCUT2D eigenvalue weighted by molar-refractivity contribution is 9.10. The van der Waals surface area contributed by atoms with Crippen LogP contribution >= 0.6 is 15.9 Å². The number of amides is 2. The Kier molecular flexibility index (Phi) is 4.90. The van der Waals surface area contributed by atoms with Crippen LogP contribution in [0.25, 0.3) is 0 Å². The second-order valence-corrected chi connectivity index (χ2v) is 8.93. The number of piperidine rings is 1. The molecule has 0 aromatic heterocycles. The summed E-state index contributed by atoms with van der Waals surface area (Å²) in [5, 5.41) is 9.63. The van der Waals surface area contributed by atoms with Gasteiger partial charge in [-0.2, -0.15) is 0 Å². The number of benzene rings is 1. The average Bonchev–Trinajstić information content (AvgIpc) is 2.44. The van der Waals surface area contributed by atoms with Crippen LogP contribution in [0, 0.1) is 0 Å². The first-order valence-electron chi connectivity index (χ1n) is 8.60. The number of hydrogen-bond donors (Lipinski definition) is 3. The lowest BCUT2D eigenvalue weighted by Crippen LogP contribution is -2.62. The van der Waals surface area contributed by atoms with E-state index in [1.807, 2.05) is 6.07 Å². The molecular formula is C18H26BrN3O3. The number of ether oxygens (including phenoxy) is 2. The third-order valence-electron chi connectivity index (χ3n) is 4.41. The highest BCUT2D eigenvalue weighted by Crippen LogP contribution is 2.38. The zero-order valence-electron chi connectivity index (χ0n) is 15.2. The summed E-state index contributed by atoms with van der Waals surface area (Å²) in [5.41, 5.74) is 0.628. The van der Waals surface area contributed by atoms with Gasteiger partial charge in [0.15, 0.2) is 11.5 Å². The summed E-state index contributed by atoms with van der Waals surface area (Å²) in [5.74, 6) is 1.33. The Labute approximate surface area is 157 Å². The highest BCUT2D eigenvalue weighted by atomic mass is 79.9. The first kappa shape index (κ1) is 18.3. The lowest BCUT2D eigenvalue weighted by molar-refractivity contribution is 0.149. The van der Waals surface area contributed by atoms with Gasteiger partial charge in [0.05, 0.1) is 5.69 Å². The third-order valence-corrected chi connectivity index (χ3v) is 5.06. The average molecular weight is 412 g/mol. The SMILES string of the molecule is CC1(C)CC(NC(=O)Nc2cc3c(cc2Br)OCCO3)CC(C)(C)N1. The minimum atomic E-state index is -0.212. The van der Waals surface area contributed by atoms with E-state index in [9.17, 15) is 4.79 Å². The summed E-state index contributed by atoms with van der Waals surface area (Å²) in [7, 11) is 0. The number of hydrogen-bond acceptors (Lipinski definition) is 4. The predicted molar refractivity (Wildman–Crippen MR) is 102 cm³/mol. The zero-order chi connectivity index (χ0) is 18.2. The van der Waals surface area contributed by atoms with Crippen molar-refractivity contribution < 1.29 is 14.3 Å². The molecule has 1 aromatic rings. The van der Waals surface area contributed by atoms with Crippen LogP contribution in [0.4, 0.5) is 10.5 Å². The maximum absolute atomic E-state index is 12.5. The van der Waals surface area contributed by atoms with Crippen LogP contribution in [-0.2, 0) is 0 Å². The van der Waals surface area contributed by atoms with Gasteiger partial charge in [0.25, 0.3) is 0 Å². The van der Waals surface area contributed by atoms with Crippen LogP contribution in [0.2, 0.25) is 0 Å². The molecule has 138 valence electrons. The summed E-state index contributed by atoms with van der Waals surface area (Å²) >= 11 is 3.48. The Hall–Kier alpha value is -1.47. The number of fused-ring (bicyclic) bond motifs is 1. The molecule has 0 radical (unpaired) electrons. The molecule has 0 spiro atoms. The third kappa shape index (κ3) is 4.58. The van der Waals surface area contributed by atoms with Crippen LogP contribution in [0.15, 0.2) is 16.6 Å². The molecule has 0 saturated carbocycles. The molecule has 0 atom stereocenters. The molecule has 0 unspecified atom stereocenters. The van der Waals surface area contributed by atoms with E-state index >= 15 is 0 Å². The second-order valence-electron chi connectivity index (χ2n) is 8.07. The van der Waals surface area contributed by atoms with Gasteiger partial charge in [-0.3, -0.25) is 0 Å². The maximum atomic E-state index is 12.5. The first-order valence-corrected chi connectivity index (χ1v) is 9.39. The molecule has 3 N–H and O–H groups in total. The van der Waals surface area contributed by atoms with Crippen LogP contribution in [0.1, 0.15) is 40.5 Å². The monoisotopic (exact) mass is 411 g/mol. The number of nitrogens with one attached hydrogen (secondary N) is 3. The molecule has 3 rings (SSSR count). The van der Waals surface area contributed by atoms with E-state index in [0.717, 1.165) is 17.3 Å². The van der Waals surface area contributed by atoms with E-state index in [-0.39, 0.29) is 23.2 Å². The maximum Gasteiger partial charge on any atom is 0.319 e. The smallest absolute Gasteiger partial charge is 0.319 e. The first-order chi connectivity index (χ1) is 11.6. The molecule has 0 bridgehead atoms. The van der Waals surface area contributed by atoms with Crippen LogP contribution in [0.3, 0.4) is 0 Å². The van der Waals surface area contributed by atoms with E-state index in [1.54, 1.807) is 6.07 Å². The molecule has 1 aromatic carbocycles. The minimum absolute atomic E-state index is 0.0166. The molecule has 2 amide bonds. The van der Waals surface area contributed by atoms with E-state index in [2.05, 4.69) is 59.6 Å². The molecule has 2 aliphatic rings. The zero-order valence-corrected chi connectivity index (χ0v) is 16.7.